The number of benzene rings is 1. The molecule has 1 atom stereocenters. The van der Waals surface area contributed by atoms with Crippen molar-refractivity contribution >= 4 is 23.2 Å². The van der Waals surface area contributed by atoms with Crippen LogP contribution in [0.1, 0.15) is 12.0 Å². The number of ether oxygens (including phenoxy) is 1. The summed E-state index contributed by atoms with van der Waals surface area (Å²) < 4.78 is 4.96. The summed E-state index contributed by atoms with van der Waals surface area (Å²) in [6, 6.07) is 5.72. The molecule has 0 heterocycles. The maximum absolute atomic E-state index is 5.90. The fourth-order valence-electron chi connectivity index (χ4n) is 1.34. The van der Waals surface area contributed by atoms with E-state index in [0.29, 0.717) is 16.7 Å². The van der Waals surface area contributed by atoms with E-state index in [0.717, 1.165) is 18.4 Å². The van der Waals surface area contributed by atoms with Crippen LogP contribution >= 0.6 is 23.2 Å². The lowest BCUT2D eigenvalue weighted by Gasteiger charge is -2.10. The molecule has 2 N–H and O–H groups in total. The SMILES string of the molecule is COCC(N)CCc1ccc(Cl)c(Cl)c1. The third-order valence-corrected chi connectivity index (χ3v) is 2.91. The van der Waals surface area contributed by atoms with Crippen molar-refractivity contribution in [3.05, 3.63) is 33.8 Å². The molecule has 0 fully saturated rings. The van der Waals surface area contributed by atoms with E-state index in [1.165, 1.54) is 0 Å². The Bertz CT molecular complexity index is 317. The monoisotopic (exact) mass is 247 g/mol. The predicted molar refractivity (Wildman–Crippen MR) is 64.6 cm³/mol. The van der Waals surface area contributed by atoms with Gasteiger partial charge in [-0.15, -0.1) is 0 Å². The molecule has 0 aromatic heterocycles. The lowest BCUT2D eigenvalue weighted by molar-refractivity contribution is 0.177. The van der Waals surface area contributed by atoms with Crippen LogP contribution in [0.5, 0.6) is 0 Å². The molecule has 0 spiro atoms. The van der Waals surface area contributed by atoms with Crippen molar-refractivity contribution in [1.29, 1.82) is 0 Å². The van der Waals surface area contributed by atoms with Gasteiger partial charge >= 0.3 is 0 Å². The maximum Gasteiger partial charge on any atom is 0.0613 e. The molecule has 4 heteroatoms. The lowest BCUT2D eigenvalue weighted by Crippen LogP contribution is -2.26. The van der Waals surface area contributed by atoms with Gasteiger partial charge in [0.25, 0.3) is 0 Å². The van der Waals surface area contributed by atoms with Gasteiger partial charge in [-0.1, -0.05) is 29.3 Å². The fourth-order valence-corrected chi connectivity index (χ4v) is 1.67. The number of hydrogen-bond acceptors (Lipinski definition) is 2. The quantitative estimate of drug-likeness (QED) is 0.869. The first-order chi connectivity index (χ1) is 7.13. The number of nitrogens with two attached hydrogens (primary N) is 1. The first-order valence-electron chi connectivity index (χ1n) is 4.82. The fraction of sp³-hybridized carbons (Fsp3) is 0.455. The summed E-state index contributed by atoms with van der Waals surface area (Å²) in [6.07, 6.45) is 1.77. The highest BCUT2D eigenvalue weighted by atomic mass is 35.5. The third-order valence-electron chi connectivity index (χ3n) is 2.17. The zero-order chi connectivity index (χ0) is 11.3. The Kier molecular flexibility index (Phi) is 5.40. The molecule has 2 nitrogen and oxygen atoms in total. The smallest absolute Gasteiger partial charge is 0.0613 e. The third kappa shape index (κ3) is 4.39. The highest BCUT2D eigenvalue weighted by molar-refractivity contribution is 6.42. The Labute approximate surface area is 100 Å². The number of aryl methyl sites for hydroxylation is 1. The molecular weight excluding hydrogens is 233 g/mol. The zero-order valence-corrected chi connectivity index (χ0v) is 10.2. The molecule has 1 rings (SSSR count). The molecule has 0 aliphatic rings. The molecule has 1 aromatic carbocycles. The maximum atomic E-state index is 5.90. The summed E-state index contributed by atoms with van der Waals surface area (Å²) in [5.74, 6) is 0. The molecular formula is C11H15Cl2NO. The molecule has 0 aliphatic carbocycles. The van der Waals surface area contributed by atoms with Crippen molar-refractivity contribution in [2.75, 3.05) is 13.7 Å². The molecule has 15 heavy (non-hydrogen) atoms. The van der Waals surface area contributed by atoms with E-state index in [-0.39, 0.29) is 6.04 Å². The van der Waals surface area contributed by atoms with Crippen molar-refractivity contribution in [2.45, 2.75) is 18.9 Å². The Morgan fingerprint density at radius 2 is 2.07 bits per heavy atom. The molecule has 0 aliphatic heterocycles. The van der Waals surface area contributed by atoms with Crippen LogP contribution in [0.25, 0.3) is 0 Å². The van der Waals surface area contributed by atoms with Crippen LogP contribution < -0.4 is 5.73 Å². The highest BCUT2D eigenvalue weighted by Crippen LogP contribution is 2.23. The first kappa shape index (κ1) is 12.8. The summed E-state index contributed by atoms with van der Waals surface area (Å²) in [5.41, 5.74) is 6.96. The molecule has 0 saturated carbocycles. The van der Waals surface area contributed by atoms with Crippen molar-refractivity contribution in [3.8, 4) is 0 Å². The van der Waals surface area contributed by atoms with Crippen LogP contribution in [0.2, 0.25) is 10.0 Å². The van der Waals surface area contributed by atoms with Crippen LogP contribution in [0.4, 0.5) is 0 Å². The van der Waals surface area contributed by atoms with E-state index < -0.39 is 0 Å². The molecule has 84 valence electrons. The van der Waals surface area contributed by atoms with Gasteiger partial charge in [0.2, 0.25) is 0 Å². The molecule has 1 unspecified atom stereocenters. The van der Waals surface area contributed by atoms with Crippen LogP contribution in [-0.4, -0.2) is 19.8 Å². The number of methoxy groups -OCH3 is 1. The standard InChI is InChI=1S/C11H15Cl2NO/c1-15-7-9(14)4-2-8-3-5-10(12)11(13)6-8/h3,5-6,9H,2,4,7,14H2,1H3. The number of hydrogen-bond donors (Lipinski definition) is 1. The highest BCUT2D eigenvalue weighted by Gasteiger charge is 2.04. The van der Waals surface area contributed by atoms with Gasteiger partial charge in [0.05, 0.1) is 16.7 Å². The van der Waals surface area contributed by atoms with Gasteiger partial charge in [-0.3, -0.25) is 0 Å². The number of halogens is 2. The molecule has 0 radical (unpaired) electrons. The Morgan fingerprint density at radius 1 is 1.33 bits per heavy atom. The van der Waals surface area contributed by atoms with E-state index in [2.05, 4.69) is 0 Å². The van der Waals surface area contributed by atoms with E-state index >= 15 is 0 Å². The van der Waals surface area contributed by atoms with E-state index in [1.54, 1.807) is 13.2 Å². The van der Waals surface area contributed by atoms with Crippen molar-refractivity contribution in [2.24, 2.45) is 5.73 Å². The van der Waals surface area contributed by atoms with Crippen LogP contribution in [0, 0.1) is 0 Å². The van der Waals surface area contributed by atoms with Gasteiger partial charge in [0.15, 0.2) is 0 Å². The summed E-state index contributed by atoms with van der Waals surface area (Å²) in [7, 11) is 1.65. The first-order valence-corrected chi connectivity index (χ1v) is 5.57. The van der Waals surface area contributed by atoms with Crippen LogP contribution in [0.15, 0.2) is 18.2 Å². The summed E-state index contributed by atoms with van der Waals surface area (Å²) in [5, 5.41) is 1.18. The topological polar surface area (TPSA) is 35.2 Å². The lowest BCUT2D eigenvalue weighted by atomic mass is 10.1. The van der Waals surface area contributed by atoms with Gasteiger partial charge in [-0.25, -0.2) is 0 Å². The second-order valence-electron chi connectivity index (χ2n) is 3.50. The summed E-state index contributed by atoms with van der Waals surface area (Å²) >= 11 is 11.7. The minimum atomic E-state index is 0.0736. The predicted octanol–water partition coefficient (Wildman–Crippen LogP) is 2.90. The van der Waals surface area contributed by atoms with Gasteiger partial charge in [-0.05, 0) is 30.5 Å². The van der Waals surface area contributed by atoms with Gasteiger partial charge in [-0.2, -0.15) is 0 Å². The minimum absolute atomic E-state index is 0.0736. The van der Waals surface area contributed by atoms with Gasteiger partial charge < -0.3 is 10.5 Å². The minimum Gasteiger partial charge on any atom is -0.383 e. The average molecular weight is 248 g/mol. The Balaban J connectivity index is 2.47. The molecule has 1 aromatic rings. The second-order valence-corrected chi connectivity index (χ2v) is 4.32. The average Bonchev–Trinajstić information content (AvgIpc) is 2.20. The summed E-state index contributed by atoms with van der Waals surface area (Å²) in [6.45, 7) is 0.585. The number of rotatable bonds is 5. The van der Waals surface area contributed by atoms with Gasteiger partial charge in [0, 0.05) is 13.2 Å². The zero-order valence-electron chi connectivity index (χ0n) is 8.67. The molecule has 0 amide bonds. The van der Waals surface area contributed by atoms with E-state index in [1.807, 2.05) is 12.1 Å². The van der Waals surface area contributed by atoms with Crippen molar-refractivity contribution in [1.82, 2.24) is 0 Å². The summed E-state index contributed by atoms with van der Waals surface area (Å²) in [4.78, 5) is 0. The van der Waals surface area contributed by atoms with E-state index in [9.17, 15) is 0 Å². The van der Waals surface area contributed by atoms with E-state index in [4.69, 9.17) is 33.7 Å². The van der Waals surface area contributed by atoms with Crippen molar-refractivity contribution in [3.63, 3.8) is 0 Å². The van der Waals surface area contributed by atoms with Crippen molar-refractivity contribution < 1.29 is 4.74 Å². The Morgan fingerprint density at radius 3 is 2.67 bits per heavy atom. The molecule has 0 bridgehead atoms. The van der Waals surface area contributed by atoms with Gasteiger partial charge in [0.1, 0.15) is 0 Å². The normalized spacial score (nSPS) is 12.8. The Hall–Kier alpha value is -0.280. The molecule has 0 saturated heterocycles. The van der Waals surface area contributed by atoms with Crippen LogP contribution in [-0.2, 0) is 11.2 Å². The largest absolute Gasteiger partial charge is 0.383 e. The van der Waals surface area contributed by atoms with Crippen LogP contribution in [0.3, 0.4) is 0 Å². The second kappa shape index (κ2) is 6.33.